The Bertz CT molecular complexity index is 108. The molecule has 0 aliphatic heterocycles. The van der Waals surface area contributed by atoms with Gasteiger partial charge in [-0.1, -0.05) is 0 Å². The summed E-state index contributed by atoms with van der Waals surface area (Å²) in [5.74, 6) is -0.342. The summed E-state index contributed by atoms with van der Waals surface area (Å²) in [5, 5.41) is 0. The highest BCUT2D eigenvalue weighted by Gasteiger charge is 1.99. The number of amides is 1. The summed E-state index contributed by atoms with van der Waals surface area (Å²) in [4.78, 5) is 11.9. The van der Waals surface area contributed by atoms with Crippen LogP contribution in [0.3, 0.4) is 0 Å². The first-order chi connectivity index (χ1) is 4.66. The van der Waals surface area contributed by atoms with E-state index in [0.717, 1.165) is 0 Å². The van der Waals surface area contributed by atoms with Crippen LogP contribution < -0.4 is 5.73 Å². The third kappa shape index (κ3) is 5.50. The molecule has 0 radical (unpaired) electrons. The van der Waals surface area contributed by atoms with Crippen molar-refractivity contribution < 1.29 is 9.18 Å². The van der Waals surface area contributed by atoms with Crippen molar-refractivity contribution in [3.63, 3.8) is 0 Å². The minimum absolute atomic E-state index is 0.302. The largest absolute Gasteiger partial charge is 0.370 e. The first-order valence-corrected chi connectivity index (χ1v) is 3.19. The number of rotatable bonds is 5. The number of nitrogens with zero attached hydrogens (tertiary/aromatic N) is 1. The maximum Gasteiger partial charge on any atom is 0.218 e. The van der Waals surface area contributed by atoms with Gasteiger partial charge in [0.25, 0.3) is 0 Å². The lowest BCUT2D eigenvalue weighted by atomic mass is 10.4. The van der Waals surface area contributed by atoms with E-state index in [1.165, 1.54) is 0 Å². The third-order valence-electron chi connectivity index (χ3n) is 1.21. The molecule has 0 aromatic carbocycles. The number of carbonyl (C=O) groups excluding carboxylic acids is 1. The van der Waals surface area contributed by atoms with Gasteiger partial charge in [-0.15, -0.1) is 0 Å². The van der Waals surface area contributed by atoms with Crippen molar-refractivity contribution in [3.8, 4) is 0 Å². The molecule has 60 valence electrons. The molecule has 2 N–H and O–H groups in total. The lowest BCUT2D eigenvalue weighted by Gasteiger charge is -2.11. The van der Waals surface area contributed by atoms with Crippen LogP contribution in [-0.2, 0) is 4.79 Å². The molecule has 3 nitrogen and oxygen atoms in total. The number of carbonyl (C=O) groups is 1. The zero-order chi connectivity index (χ0) is 7.98. The molecule has 1 amide bonds. The highest BCUT2D eigenvalue weighted by molar-refractivity contribution is 5.73. The summed E-state index contributed by atoms with van der Waals surface area (Å²) in [6.45, 7) is 0.530. The van der Waals surface area contributed by atoms with E-state index in [-0.39, 0.29) is 12.6 Å². The van der Waals surface area contributed by atoms with E-state index in [0.29, 0.717) is 19.5 Å². The van der Waals surface area contributed by atoms with Crippen molar-refractivity contribution in [2.45, 2.75) is 6.42 Å². The molecule has 0 aromatic heterocycles. The van der Waals surface area contributed by atoms with Gasteiger partial charge in [0.05, 0.1) is 0 Å². The average molecular weight is 148 g/mol. The van der Waals surface area contributed by atoms with Crippen LogP contribution in [0.25, 0.3) is 0 Å². The summed E-state index contributed by atoms with van der Waals surface area (Å²) in [6, 6.07) is 0. The number of halogens is 1. The van der Waals surface area contributed by atoms with E-state index in [2.05, 4.69) is 0 Å². The van der Waals surface area contributed by atoms with Gasteiger partial charge in [-0.2, -0.15) is 0 Å². The van der Waals surface area contributed by atoms with Gasteiger partial charge in [0.2, 0.25) is 5.91 Å². The molecule has 0 bridgehead atoms. The summed E-state index contributed by atoms with van der Waals surface area (Å²) in [6.07, 6.45) is 0.302. The van der Waals surface area contributed by atoms with E-state index >= 15 is 0 Å². The standard InChI is InChI=1S/C6H13FN2O/c1-9(5-3-7)4-2-6(8)10/h2-5H2,1H3,(H2,8,10). The smallest absolute Gasteiger partial charge is 0.218 e. The molecular formula is C6H13FN2O. The van der Waals surface area contributed by atoms with Crippen LogP contribution in [0.5, 0.6) is 0 Å². The Morgan fingerprint density at radius 1 is 1.60 bits per heavy atom. The molecule has 0 aromatic rings. The molecule has 0 heterocycles. The summed E-state index contributed by atoms with van der Waals surface area (Å²) in [7, 11) is 1.75. The van der Waals surface area contributed by atoms with Crippen LogP contribution >= 0.6 is 0 Å². The minimum Gasteiger partial charge on any atom is -0.370 e. The van der Waals surface area contributed by atoms with Crippen LogP contribution in [0.1, 0.15) is 6.42 Å². The Hall–Kier alpha value is -0.640. The second-order valence-corrected chi connectivity index (χ2v) is 2.21. The van der Waals surface area contributed by atoms with Gasteiger partial charge in [0.15, 0.2) is 0 Å². The average Bonchev–Trinajstić information content (AvgIpc) is 1.85. The maximum atomic E-state index is 11.6. The number of hydrogen-bond acceptors (Lipinski definition) is 2. The van der Waals surface area contributed by atoms with Gasteiger partial charge in [-0.05, 0) is 7.05 Å². The molecule has 0 saturated carbocycles. The molecule has 0 fully saturated rings. The minimum atomic E-state index is -0.380. The van der Waals surface area contributed by atoms with Gasteiger partial charge >= 0.3 is 0 Å². The zero-order valence-electron chi connectivity index (χ0n) is 6.14. The predicted molar refractivity (Wildman–Crippen MR) is 37.3 cm³/mol. The van der Waals surface area contributed by atoms with Crippen molar-refractivity contribution in [1.82, 2.24) is 4.90 Å². The second kappa shape index (κ2) is 5.17. The molecule has 10 heavy (non-hydrogen) atoms. The zero-order valence-corrected chi connectivity index (χ0v) is 6.14. The number of primary amides is 1. The SMILES string of the molecule is CN(CCF)CCC(N)=O. The van der Waals surface area contributed by atoms with Crippen LogP contribution in [0.4, 0.5) is 4.39 Å². The first-order valence-electron chi connectivity index (χ1n) is 3.19. The number of alkyl halides is 1. The monoisotopic (exact) mass is 148 g/mol. The fourth-order valence-corrected chi connectivity index (χ4v) is 0.557. The van der Waals surface area contributed by atoms with Gasteiger partial charge < -0.3 is 10.6 Å². The normalized spacial score (nSPS) is 10.3. The fraction of sp³-hybridized carbons (Fsp3) is 0.833. The van der Waals surface area contributed by atoms with Crippen molar-refractivity contribution in [3.05, 3.63) is 0 Å². The fourth-order valence-electron chi connectivity index (χ4n) is 0.557. The Labute approximate surface area is 60.0 Å². The van der Waals surface area contributed by atoms with E-state index < -0.39 is 0 Å². The summed E-state index contributed by atoms with van der Waals surface area (Å²) in [5.41, 5.74) is 4.88. The highest BCUT2D eigenvalue weighted by atomic mass is 19.1. The van der Waals surface area contributed by atoms with E-state index in [1.807, 2.05) is 0 Å². The van der Waals surface area contributed by atoms with Gasteiger partial charge in [-0.3, -0.25) is 4.79 Å². The van der Waals surface area contributed by atoms with E-state index in [4.69, 9.17) is 5.73 Å². The molecule has 0 saturated heterocycles. The van der Waals surface area contributed by atoms with Crippen LogP contribution in [-0.4, -0.2) is 37.6 Å². The molecule has 0 spiro atoms. The second-order valence-electron chi connectivity index (χ2n) is 2.21. The summed E-state index contributed by atoms with van der Waals surface area (Å²) < 4.78 is 11.6. The topological polar surface area (TPSA) is 46.3 Å². The van der Waals surface area contributed by atoms with Crippen molar-refractivity contribution in [1.29, 1.82) is 0 Å². The molecule has 0 rings (SSSR count). The molecule has 0 atom stereocenters. The van der Waals surface area contributed by atoms with E-state index in [9.17, 15) is 9.18 Å². The first kappa shape index (κ1) is 9.36. The quantitative estimate of drug-likeness (QED) is 0.585. The highest BCUT2D eigenvalue weighted by Crippen LogP contribution is 1.85. The molecule has 0 aliphatic rings. The van der Waals surface area contributed by atoms with Gasteiger partial charge in [-0.25, -0.2) is 4.39 Å². The Kier molecular flexibility index (Phi) is 4.84. The maximum absolute atomic E-state index is 11.6. The molecule has 0 aliphatic carbocycles. The molecule has 4 heteroatoms. The van der Waals surface area contributed by atoms with Gasteiger partial charge in [0, 0.05) is 19.5 Å². The number of nitrogens with two attached hydrogens (primary N) is 1. The van der Waals surface area contributed by atoms with Crippen LogP contribution in [0, 0.1) is 0 Å². The summed E-state index contributed by atoms with van der Waals surface area (Å²) >= 11 is 0. The van der Waals surface area contributed by atoms with Gasteiger partial charge in [0.1, 0.15) is 6.67 Å². The lowest BCUT2D eigenvalue weighted by Crippen LogP contribution is -2.26. The van der Waals surface area contributed by atoms with Crippen molar-refractivity contribution in [2.24, 2.45) is 5.73 Å². The molecular weight excluding hydrogens is 135 g/mol. The Morgan fingerprint density at radius 3 is 2.60 bits per heavy atom. The van der Waals surface area contributed by atoms with E-state index in [1.54, 1.807) is 11.9 Å². The van der Waals surface area contributed by atoms with Crippen LogP contribution in [0.2, 0.25) is 0 Å². The molecule has 0 unspecified atom stereocenters. The van der Waals surface area contributed by atoms with Crippen molar-refractivity contribution >= 4 is 5.91 Å². The third-order valence-corrected chi connectivity index (χ3v) is 1.21. The Morgan fingerprint density at radius 2 is 2.20 bits per heavy atom. The lowest BCUT2D eigenvalue weighted by molar-refractivity contribution is -0.118. The predicted octanol–water partition coefficient (Wildman–Crippen LogP) is -0.237. The van der Waals surface area contributed by atoms with Crippen molar-refractivity contribution in [2.75, 3.05) is 26.8 Å². The number of hydrogen-bond donors (Lipinski definition) is 1. The Balaban J connectivity index is 3.21. The van der Waals surface area contributed by atoms with Crippen LogP contribution in [0.15, 0.2) is 0 Å².